The van der Waals surface area contributed by atoms with Crippen molar-refractivity contribution in [1.82, 2.24) is 0 Å². The highest BCUT2D eigenvalue weighted by molar-refractivity contribution is 6.32. The van der Waals surface area contributed by atoms with Crippen LogP contribution in [0.2, 0.25) is 5.02 Å². The molecule has 1 aromatic rings. The fraction of sp³-hybridized carbons (Fsp3) is 0.333. The van der Waals surface area contributed by atoms with E-state index in [1.807, 2.05) is 0 Å². The van der Waals surface area contributed by atoms with Gasteiger partial charge in [-0.25, -0.2) is 4.39 Å². The molecule has 4 heteroatoms. The summed E-state index contributed by atoms with van der Waals surface area (Å²) in [6, 6.07) is 2.64. The summed E-state index contributed by atoms with van der Waals surface area (Å²) in [7, 11) is 1.44. The maximum absolute atomic E-state index is 13.1. The van der Waals surface area contributed by atoms with Gasteiger partial charge in [0.2, 0.25) is 0 Å². The molecule has 0 fully saturated rings. The molecule has 0 heterocycles. The molecule has 0 aliphatic heterocycles. The average Bonchev–Trinajstić information content (AvgIpc) is 2.04. The van der Waals surface area contributed by atoms with Crippen molar-refractivity contribution in [1.29, 1.82) is 0 Å². The van der Waals surface area contributed by atoms with E-state index in [4.69, 9.17) is 16.3 Å². The second-order valence-corrected chi connectivity index (χ2v) is 3.03. The fourth-order valence-electron chi connectivity index (χ4n) is 1.09. The molecule has 0 saturated heterocycles. The maximum atomic E-state index is 13.1. The van der Waals surface area contributed by atoms with Crippen molar-refractivity contribution in [2.45, 2.75) is 13.0 Å². The van der Waals surface area contributed by atoms with E-state index >= 15 is 0 Å². The van der Waals surface area contributed by atoms with Crippen LogP contribution < -0.4 is 4.74 Å². The lowest BCUT2D eigenvalue weighted by Gasteiger charge is -2.11. The number of methoxy groups -OCH3 is 1. The van der Waals surface area contributed by atoms with Gasteiger partial charge < -0.3 is 9.84 Å². The quantitative estimate of drug-likeness (QED) is 0.802. The standard InChI is InChI=1S/C9H10ClFO2/c1-5(12)8-6(11)3-4-7(13-2)9(8)10/h3-5,12H,1-2H3. The van der Waals surface area contributed by atoms with Gasteiger partial charge in [-0.3, -0.25) is 0 Å². The first-order chi connectivity index (χ1) is 6.07. The summed E-state index contributed by atoms with van der Waals surface area (Å²) in [4.78, 5) is 0. The van der Waals surface area contributed by atoms with Crippen molar-refractivity contribution in [3.63, 3.8) is 0 Å². The molecule has 0 bridgehead atoms. The second-order valence-electron chi connectivity index (χ2n) is 2.65. The lowest BCUT2D eigenvalue weighted by atomic mass is 10.1. The third-order valence-corrected chi connectivity index (χ3v) is 2.12. The van der Waals surface area contributed by atoms with Crippen molar-refractivity contribution in [2.75, 3.05) is 7.11 Å². The van der Waals surface area contributed by atoms with Crippen molar-refractivity contribution in [3.8, 4) is 5.75 Å². The number of aliphatic hydroxyl groups excluding tert-OH is 1. The third kappa shape index (κ3) is 1.92. The maximum Gasteiger partial charge on any atom is 0.138 e. The molecular weight excluding hydrogens is 195 g/mol. The van der Waals surface area contributed by atoms with Gasteiger partial charge in [0.05, 0.1) is 18.2 Å². The number of rotatable bonds is 2. The molecule has 72 valence electrons. The van der Waals surface area contributed by atoms with Crippen LogP contribution in [0, 0.1) is 5.82 Å². The molecule has 1 unspecified atom stereocenters. The van der Waals surface area contributed by atoms with E-state index in [2.05, 4.69) is 0 Å². The molecule has 0 aliphatic carbocycles. The Labute approximate surface area is 80.9 Å². The smallest absolute Gasteiger partial charge is 0.138 e. The summed E-state index contributed by atoms with van der Waals surface area (Å²) in [6.07, 6.45) is -0.942. The monoisotopic (exact) mass is 204 g/mol. The van der Waals surface area contributed by atoms with Gasteiger partial charge >= 0.3 is 0 Å². The fourth-order valence-corrected chi connectivity index (χ4v) is 1.48. The summed E-state index contributed by atoms with van der Waals surface area (Å²) in [5, 5.41) is 9.35. The molecule has 13 heavy (non-hydrogen) atoms. The minimum absolute atomic E-state index is 0.0704. The Bertz CT molecular complexity index is 313. The third-order valence-electron chi connectivity index (χ3n) is 1.73. The molecule has 0 amide bonds. The van der Waals surface area contributed by atoms with E-state index in [1.54, 1.807) is 0 Å². The summed E-state index contributed by atoms with van der Waals surface area (Å²) in [5.41, 5.74) is 0.0704. The van der Waals surface area contributed by atoms with E-state index in [1.165, 1.54) is 26.2 Å². The minimum atomic E-state index is -0.942. The van der Waals surface area contributed by atoms with Crippen LogP contribution in [-0.2, 0) is 0 Å². The van der Waals surface area contributed by atoms with E-state index in [-0.39, 0.29) is 10.6 Å². The normalized spacial score (nSPS) is 12.7. The molecule has 2 nitrogen and oxygen atoms in total. The predicted molar refractivity (Wildman–Crippen MR) is 48.6 cm³/mol. The van der Waals surface area contributed by atoms with E-state index in [0.29, 0.717) is 5.75 Å². The molecule has 0 aliphatic rings. The van der Waals surface area contributed by atoms with Gasteiger partial charge in [0.1, 0.15) is 11.6 Å². The zero-order valence-corrected chi connectivity index (χ0v) is 8.10. The number of ether oxygens (including phenoxy) is 1. The highest BCUT2D eigenvalue weighted by Gasteiger charge is 2.16. The zero-order valence-electron chi connectivity index (χ0n) is 7.34. The first-order valence-electron chi connectivity index (χ1n) is 3.78. The van der Waals surface area contributed by atoms with Gasteiger partial charge in [0, 0.05) is 5.56 Å². The van der Waals surface area contributed by atoms with Crippen LogP contribution >= 0.6 is 11.6 Å². The van der Waals surface area contributed by atoms with Crippen molar-refractivity contribution in [2.24, 2.45) is 0 Å². The van der Waals surface area contributed by atoms with Crippen LogP contribution in [0.25, 0.3) is 0 Å². The topological polar surface area (TPSA) is 29.5 Å². The Morgan fingerprint density at radius 3 is 2.62 bits per heavy atom. The number of hydrogen-bond donors (Lipinski definition) is 1. The molecule has 0 aromatic heterocycles. The van der Waals surface area contributed by atoms with Crippen LogP contribution in [0.5, 0.6) is 5.75 Å². The largest absolute Gasteiger partial charge is 0.495 e. The van der Waals surface area contributed by atoms with Crippen LogP contribution in [0.1, 0.15) is 18.6 Å². The number of hydrogen-bond acceptors (Lipinski definition) is 2. The second kappa shape index (κ2) is 3.94. The van der Waals surface area contributed by atoms with Crippen LogP contribution in [0.15, 0.2) is 12.1 Å². The summed E-state index contributed by atoms with van der Waals surface area (Å²) >= 11 is 5.78. The molecule has 1 aromatic carbocycles. The van der Waals surface area contributed by atoms with Gasteiger partial charge in [0.15, 0.2) is 0 Å². The first-order valence-corrected chi connectivity index (χ1v) is 4.15. The van der Waals surface area contributed by atoms with E-state index < -0.39 is 11.9 Å². The highest BCUT2D eigenvalue weighted by Crippen LogP contribution is 2.33. The lowest BCUT2D eigenvalue weighted by Crippen LogP contribution is -1.99. The van der Waals surface area contributed by atoms with Gasteiger partial charge in [-0.2, -0.15) is 0 Å². The van der Waals surface area contributed by atoms with E-state index in [9.17, 15) is 9.50 Å². The zero-order chi connectivity index (χ0) is 10.0. The van der Waals surface area contributed by atoms with Crippen LogP contribution in [-0.4, -0.2) is 12.2 Å². The number of halogens is 2. The average molecular weight is 205 g/mol. The number of benzene rings is 1. The van der Waals surface area contributed by atoms with Crippen molar-refractivity contribution < 1.29 is 14.2 Å². The summed E-state index contributed by atoms with van der Waals surface area (Å²) in [6.45, 7) is 1.45. The van der Waals surface area contributed by atoms with Crippen molar-refractivity contribution in [3.05, 3.63) is 28.5 Å². The molecule has 1 atom stereocenters. The Morgan fingerprint density at radius 2 is 2.15 bits per heavy atom. The highest BCUT2D eigenvalue weighted by atomic mass is 35.5. The SMILES string of the molecule is COc1ccc(F)c(C(C)O)c1Cl. The predicted octanol–water partition coefficient (Wildman–Crippen LogP) is 2.54. The molecule has 1 N–H and O–H groups in total. The Balaban J connectivity index is 3.30. The Kier molecular flexibility index (Phi) is 3.12. The number of aliphatic hydroxyl groups is 1. The van der Waals surface area contributed by atoms with Gasteiger partial charge in [-0.05, 0) is 19.1 Å². The first kappa shape index (κ1) is 10.3. The Hall–Kier alpha value is -0.800. The summed E-state index contributed by atoms with van der Waals surface area (Å²) in [5.74, 6) is -0.167. The van der Waals surface area contributed by atoms with Gasteiger partial charge in [0.25, 0.3) is 0 Å². The molecular formula is C9H10ClFO2. The van der Waals surface area contributed by atoms with Crippen molar-refractivity contribution >= 4 is 11.6 Å². The minimum Gasteiger partial charge on any atom is -0.495 e. The van der Waals surface area contributed by atoms with Gasteiger partial charge in [-0.15, -0.1) is 0 Å². The molecule has 0 spiro atoms. The molecule has 0 radical (unpaired) electrons. The van der Waals surface area contributed by atoms with Crippen LogP contribution in [0.4, 0.5) is 4.39 Å². The van der Waals surface area contributed by atoms with Gasteiger partial charge in [-0.1, -0.05) is 11.6 Å². The Morgan fingerprint density at radius 1 is 1.54 bits per heavy atom. The molecule has 1 rings (SSSR count). The van der Waals surface area contributed by atoms with Crippen LogP contribution in [0.3, 0.4) is 0 Å². The van der Waals surface area contributed by atoms with E-state index in [0.717, 1.165) is 0 Å². The lowest BCUT2D eigenvalue weighted by molar-refractivity contribution is 0.193. The molecule has 0 saturated carbocycles. The summed E-state index contributed by atoms with van der Waals surface area (Å²) < 4.78 is 18.0.